The minimum atomic E-state index is 0.634. The van der Waals surface area contributed by atoms with Crippen LogP contribution in [-0.2, 0) is 9.47 Å². The summed E-state index contributed by atoms with van der Waals surface area (Å²) in [7, 11) is 1.69. The minimum Gasteiger partial charge on any atom is -0.382 e. The molecule has 4 heteroatoms. The van der Waals surface area contributed by atoms with Gasteiger partial charge in [-0.05, 0) is 12.8 Å². The van der Waals surface area contributed by atoms with Crippen LogP contribution in [0.3, 0.4) is 0 Å². The average Bonchev–Trinajstić information content (AvgIpc) is 2.30. The van der Waals surface area contributed by atoms with Crippen LogP contribution in [0.4, 0.5) is 0 Å². The third kappa shape index (κ3) is 7.17. The normalized spacial score (nSPS) is 11.6. The van der Waals surface area contributed by atoms with E-state index in [0.717, 1.165) is 19.7 Å². The van der Waals surface area contributed by atoms with E-state index < -0.39 is 0 Å². The van der Waals surface area contributed by atoms with Crippen LogP contribution in [0.15, 0.2) is 0 Å². The first-order valence-corrected chi connectivity index (χ1v) is 6.30. The molecular formula is C12H28N2O2. The van der Waals surface area contributed by atoms with E-state index in [4.69, 9.17) is 15.2 Å². The molecule has 0 saturated carbocycles. The van der Waals surface area contributed by atoms with Crippen LogP contribution in [0.25, 0.3) is 0 Å². The van der Waals surface area contributed by atoms with Gasteiger partial charge in [0.25, 0.3) is 0 Å². The van der Waals surface area contributed by atoms with E-state index in [1.54, 1.807) is 7.11 Å². The van der Waals surface area contributed by atoms with Gasteiger partial charge in [-0.1, -0.05) is 13.8 Å². The summed E-state index contributed by atoms with van der Waals surface area (Å²) >= 11 is 0. The molecule has 0 aliphatic rings. The van der Waals surface area contributed by atoms with Crippen LogP contribution in [-0.4, -0.2) is 57.5 Å². The second-order valence-electron chi connectivity index (χ2n) is 3.90. The molecule has 16 heavy (non-hydrogen) atoms. The van der Waals surface area contributed by atoms with Crippen molar-refractivity contribution in [2.75, 3.05) is 46.6 Å². The van der Waals surface area contributed by atoms with Crippen LogP contribution in [0.1, 0.15) is 26.7 Å². The summed E-state index contributed by atoms with van der Waals surface area (Å²) in [5.74, 6) is 0. The molecule has 0 atom stereocenters. The van der Waals surface area contributed by atoms with Crippen molar-refractivity contribution in [2.24, 2.45) is 5.73 Å². The molecule has 4 nitrogen and oxygen atoms in total. The first-order chi connectivity index (χ1) is 7.79. The average molecular weight is 232 g/mol. The molecule has 0 saturated heterocycles. The Kier molecular flexibility index (Phi) is 11.2. The highest BCUT2D eigenvalue weighted by molar-refractivity contribution is 4.69. The summed E-state index contributed by atoms with van der Waals surface area (Å²) in [6.45, 7) is 9.20. The summed E-state index contributed by atoms with van der Waals surface area (Å²) in [4.78, 5) is 2.42. The molecule has 0 amide bonds. The van der Waals surface area contributed by atoms with Gasteiger partial charge < -0.3 is 15.2 Å². The van der Waals surface area contributed by atoms with Crippen LogP contribution < -0.4 is 5.73 Å². The molecule has 0 aromatic carbocycles. The van der Waals surface area contributed by atoms with Crippen LogP contribution in [0.5, 0.6) is 0 Å². The maximum Gasteiger partial charge on any atom is 0.0700 e. The Morgan fingerprint density at radius 3 is 2.25 bits per heavy atom. The van der Waals surface area contributed by atoms with Crippen molar-refractivity contribution in [2.45, 2.75) is 32.7 Å². The number of hydrogen-bond acceptors (Lipinski definition) is 4. The van der Waals surface area contributed by atoms with Crippen LogP contribution >= 0.6 is 0 Å². The maximum absolute atomic E-state index is 5.63. The van der Waals surface area contributed by atoms with Gasteiger partial charge in [0.1, 0.15) is 0 Å². The fourth-order valence-corrected chi connectivity index (χ4v) is 1.87. The van der Waals surface area contributed by atoms with Gasteiger partial charge in [0.2, 0.25) is 0 Å². The lowest BCUT2D eigenvalue weighted by Crippen LogP contribution is -2.40. The number of methoxy groups -OCH3 is 1. The molecule has 0 spiro atoms. The zero-order chi connectivity index (χ0) is 12.2. The Hall–Kier alpha value is -0.160. The van der Waals surface area contributed by atoms with Gasteiger partial charge in [0, 0.05) is 32.8 Å². The Morgan fingerprint density at radius 1 is 1.06 bits per heavy atom. The Bertz CT molecular complexity index is 141. The second kappa shape index (κ2) is 11.3. The number of nitrogens with zero attached hydrogens (tertiary/aromatic N) is 1. The number of rotatable bonds is 11. The first-order valence-electron chi connectivity index (χ1n) is 6.30. The van der Waals surface area contributed by atoms with Gasteiger partial charge in [0.15, 0.2) is 0 Å². The highest BCUT2D eigenvalue weighted by Crippen LogP contribution is 2.07. The molecule has 0 aliphatic heterocycles. The molecule has 0 aromatic heterocycles. The summed E-state index contributed by atoms with van der Waals surface area (Å²) in [5.41, 5.74) is 5.63. The molecule has 2 N–H and O–H groups in total. The van der Waals surface area contributed by atoms with Crippen LogP contribution in [0.2, 0.25) is 0 Å². The molecule has 0 unspecified atom stereocenters. The van der Waals surface area contributed by atoms with E-state index in [9.17, 15) is 0 Å². The second-order valence-corrected chi connectivity index (χ2v) is 3.90. The Labute approximate surface area is 100 Å². The summed E-state index contributed by atoms with van der Waals surface area (Å²) in [6, 6.07) is 0.634. The van der Waals surface area contributed by atoms with Gasteiger partial charge in [-0.25, -0.2) is 0 Å². The van der Waals surface area contributed by atoms with Crippen molar-refractivity contribution in [1.29, 1.82) is 0 Å². The van der Waals surface area contributed by atoms with Crippen molar-refractivity contribution in [3.63, 3.8) is 0 Å². The molecule has 0 aliphatic carbocycles. The molecule has 0 heterocycles. The van der Waals surface area contributed by atoms with E-state index >= 15 is 0 Å². The topological polar surface area (TPSA) is 47.7 Å². The highest BCUT2D eigenvalue weighted by Gasteiger charge is 2.13. The highest BCUT2D eigenvalue weighted by atomic mass is 16.5. The van der Waals surface area contributed by atoms with Crippen molar-refractivity contribution in [3.8, 4) is 0 Å². The lowest BCUT2D eigenvalue weighted by atomic mass is 10.1. The predicted octanol–water partition coefficient (Wildman–Crippen LogP) is 1.10. The minimum absolute atomic E-state index is 0.634. The Balaban J connectivity index is 3.74. The number of ether oxygens (including phenoxy) is 2. The Morgan fingerprint density at radius 2 is 1.75 bits per heavy atom. The predicted molar refractivity (Wildman–Crippen MR) is 67.7 cm³/mol. The molecular weight excluding hydrogens is 204 g/mol. The maximum atomic E-state index is 5.63. The molecule has 0 fully saturated rings. The van der Waals surface area contributed by atoms with Crippen molar-refractivity contribution in [1.82, 2.24) is 4.90 Å². The van der Waals surface area contributed by atoms with Gasteiger partial charge in [-0.2, -0.15) is 0 Å². The van der Waals surface area contributed by atoms with Gasteiger partial charge in [-0.3, -0.25) is 4.90 Å². The van der Waals surface area contributed by atoms with Crippen molar-refractivity contribution in [3.05, 3.63) is 0 Å². The quantitative estimate of drug-likeness (QED) is 0.542. The molecule has 0 aromatic rings. The van der Waals surface area contributed by atoms with Crippen molar-refractivity contribution >= 4 is 0 Å². The third-order valence-corrected chi connectivity index (χ3v) is 2.83. The van der Waals surface area contributed by atoms with Gasteiger partial charge in [0.05, 0.1) is 19.8 Å². The number of hydrogen-bond donors (Lipinski definition) is 1. The van der Waals surface area contributed by atoms with Crippen LogP contribution in [0, 0.1) is 0 Å². The van der Waals surface area contributed by atoms with E-state index in [-0.39, 0.29) is 0 Å². The number of nitrogens with two attached hydrogens (primary N) is 1. The molecule has 0 rings (SSSR count). The zero-order valence-electron chi connectivity index (χ0n) is 11.1. The first kappa shape index (κ1) is 15.8. The standard InChI is InChI=1S/C12H28N2O2/c1-4-12(5-2)14(7-6-13)8-9-16-11-10-15-3/h12H,4-11,13H2,1-3H3. The monoisotopic (exact) mass is 232 g/mol. The lowest BCUT2D eigenvalue weighted by molar-refractivity contribution is 0.0491. The summed E-state index contributed by atoms with van der Waals surface area (Å²) in [6.07, 6.45) is 2.35. The fraction of sp³-hybridized carbons (Fsp3) is 1.00. The van der Waals surface area contributed by atoms with E-state index in [1.807, 2.05) is 0 Å². The third-order valence-electron chi connectivity index (χ3n) is 2.83. The molecule has 98 valence electrons. The summed E-state index contributed by atoms with van der Waals surface area (Å²) < 4.78 is 10.4. The summed E-state index contributed by atoms with van der Waals surface area (Å²) in [5, 5.41) is 0. The zero-order valence-corrected chi connectivity index (χ0v) is 11.1. The van der Waals surface area contributed by atoms with Gasteiger partial charge in [-0.15, -0.1) is 0 Å². The smallest absolute Gasteiger partial charge is 0.0700 e. The molecule has 0 radical (unpaired) electrons. The SMILES string of the molecule is CCC(CC)N(CCN)CCOCCOC. The van der Waals surface area contributed by atoms with Gasteiger partial charge >= 0.3 is 0 Å². The van der Waals surface area contributed by atoms with E-state index in [1.165, 1.54) is 12.8 Å². The lowest BCUT2D eigenvalue weighted by Gasteiger charge is -2.29. The van der Waals surface area contributed by atoms with E-state index in [0.29, 0.717) is 25.8 Å². The van der Waals surface area contributed by atoms with E-state index in [2.05, 4.69) is 18.7 Å². The largest absolute Gasteiger partial charge is 0.382 e. The molecule has 0 bridgehead atoms. The fourth-order valence-electron chi connectivity index (χ4n) is 1.87. The van der Waals surface area contributed by atoms with Crippen molar-refractivity contribution < 1.29 is 9.47 Å².